The largest absolute Gasteiger partial charge is 0.448 e. The van der Waals surface area contributed by atoms with E-state index in [0.717, 1.165) is 19.8 Å². The van der Waals surface area contributed by atoms with Gasteiger partial charge in [-0.2, -0.15) is 0 Å². The van der Waals surface area contributed by atoms with Gasteiger partial charge in [-0.1, -0.05) is 0 Å². The summed E-state index contributed by atoms with van der Waals surface area (Å²) in [5.74, 6) is 0. The molecule has 0 radical (unpaired) electrons. The second kappa shape index (κ2) is 2.62. The van der Waals surface area contributed by atoms with E-state index in [4.69, 9.17) is 9.52 Å². The maximum absolute atomic E-state index is 8.78. The van der Waals surface area contributed by atoms with Crippen molar-refractivity contribution in [3.05, 3.63) is 21.7 Å². The van der Waals surface area contributed by atoms with Crippen molar-refractivity contribution in [3.8, 4) is 0 Å². The van der Waals surface area contributed by atoms with E-state index in [0.29, 0.717) is 0 Å². The topological polar surface area (TPSA) is 33.4 Å². The van der Waals surface area contributed by atoms with Crippen molar-refractivity contribution < 1.29 is 9.52 Å². The number of hydrogen-bond acceptors (Lipinski definition) is 3. The number of fused-ring (bicyclic) bond motifs is 1. The number of furan rings is 1. The summed E-state index contributed by atoms with van der Waals surface area (Å²) < 4.78 is 7.08. The Kier molecular flexibility index (Phi) is 1.75. The number of hydrogen-bond donors (Lipinski definition) is 1. The molecule has 11 heavy (non-hydrogen) atoms. The van der Waals surface area contributed by atoms with Crippen LogP contribution < -0.4 is 0 Å². The van der Waals surface area contributed by atoms with Crippen LogP contribution in [0.15, 0.2) is 21.2 Å². The minimum atomic E-state index is 0.0898. The van der Waals surface area contributed by atoms with Gasteiger partial charge in [-0.25, -0.2) is 0 Å². The number of aliphatic hydroxyl groups is 1. The molecule has 0 aliphatic heterocycles. The van der Waals surface area contributed by atoms with Gasteiger partial charge in [-0.3, -0.25) is 0 Å². The zero-order valence-electron chi connectivity index (χ0n) is 5.50. The van der Waals surface area contributed by atoms with Crippen molar-refractivity contribution >= 4 is 37.5 Å². The SMILES string of the molecule is OCc1cc2oc(Br)cc2s1. The van der Waals surface area contributed by atoms with Crippen LogP contribution in [0.4, 0.5) is 0 Å². The summed E-state index contributed by atoms with van der Waals surface area (Å²) in [5, 5.41) is 8.78. The minimum absolute atomic E-state index is 0.0898. The molecule has 0 aliphatic carbocycles. The van der Waals surface area contributed by atoms with Crippen LogP contribution in [0.3, 0.4) is 0 Å². The molecule has 2 heterocycles. The van der Waals surface area contributed by atoms with Crippen molar-refractivity contribution in [2.45, 2.75) is 6.61 Å². The Morgan fingerprint density at radius 2 is 2.36 bits per heavy atom. The smallest absolute Gasteiger partial charge is 0.171 e. The lowest BCUT2D eigenvalue weighted by Gasteiger charge is -1.81. The van der Waals surface area contributed by atoms with Crippen LogP contribution in [-0.2, 0) is 6.61 Å². The van der Waals surface area contributed by atoms with E-state index >= 15 is 0 Å². The third-order valence-corrected chi connectivity index (χ3v) is 2.82. The molecule has 58 valence electrons. The first-order chi connectivity index (χ1) is 5.29. The van der Waals surface area contributed by atoms with Crippen LogP contribution in [0.25, 0.3) is 10.3 Å². The summed E-state index contributed by atoms with van der Waals surface area (Å²) in [6.07, 6.45) is 0. The number of aliphatic hydroxyl groups excluding tert-OH is 1. The standard InChI is InChI=1S/C7H5BrO2S/c8-7-2-6-5(10-7)1-4(3-9)11-6/h1-2,9H,3H2. The highest BCUT2D eigenvalue weighted by atomic mass is 79.9. The molecule has 0 saturated carbocycles. The first-order valence-electron chi connectivity index (χ1n) is 3.08. The molecule has 1 N–H and O–H groups in total. The lowest BCUT2D eigenvalue weighted by molar-refractivity contribution is 0.285. The summed E-state index contributed by atoms with van der Waals surface area (Å²) in [4.78, 5) is 0.936. The van der Waals surface area contributed by atoms with Crippen LogP contribution in [0, 0.1) is 0 Å². The van der Waals surface area contributed by atoms with Crippen LogP contribution in [0.1, 0.15) is 4.88 Å². The molecule has 4 heteroatoms. The zero-order chi connectivity index (χ0) is 7.84. The Morgan fingerprint density at radius 3 is 3.00 bits per heavy atom. The molecule has 0 aliphatic rings. The third kappa shape index (κ3) is 1.21. The second-order valence-electron chi connectivity index (χ2n) is 2.15. The molecule has 0 fully saturated rings. The predicted octanol–water partition coefficient (Wildman–Crippen LogP) is 2.75. The monoisotopic (exact) mass is 232 g/mol. The summed E-state index contributed by atoms with van der Waals surface area (Å²) in [6, 6.07) is 3.75. The van der Waals surface area contributed by atoms with E-state index in [1.54, 1.807) is 11.3 Å². The van der Waals surface area contributed by atoms with Gasteiger partial charge in [0, 0.05) is 10.9 Å². The number of thiophene rings is 1. The maximum Gasteiger partial charge on any atom is 0.171 e. The van der Waals surface area contributed by atoms with E-state index in [1.165, 1.54) is 0 Å². The van der Waals surface area contributed by atoms with Crippen LogP contribution in [-0.4, -0.2) is 5.11 Å². The van der Waals surface area contributed by atoms with Gasteiger partial charge in [0.25, 0.3) is 0 Å². The first kappa shape index (κ1) is 7.34. The van der Waals surface area contributed by atoms with Gasteiger partial charge in [-0.15, -0.1) is 11.3 Å². The highest BCUT2D eigenvalue weighted by Crippen LogP contribution is 2.30. The molecule has 0 bridgehead atoms. The van der Waals surface area contributed by atoms with Gasteiger partial charge in [0.2, 0.25) is 0 Å². The van der Waals surface area contributed by atoms with E-state index in [9.17, 15) is 0 Å². The fraction of sp³-hybridized carbons (Fsp3) is 0.143. The van der Waals surface area contributed by atoms with Gasteiger partial charge >= 0.3 is 0 Å². The molecular formula is C7H5BrO2S. The van der Waals surface area contributed by atoms with Crippen molar-refractivity contribution in [1.82, 2.24) is 0 Å². The Morgan fingerprint density at radius 1 is 1.55 bits per heavy atom. The van der Waals surface area contributed by atoms with Crippen molar-refractivity contribution in [2.24, 2.45) is 0 Å². The van der Waals surface area contributed by atoms with Crippen molar-refractivity contribution in [3.63, 3.8) is 0 Å². The molecule has 2 nitrogen and oxygen atoms in total. The fourth-order valence-electron chi connectivity index (χ4n) is 0.934. The Balaban J connectivity index is 2.64. The van der Waals surface area contributed by atoms with Gasteiger partial charge in [0.15, 0.2) is 4.67 Å². The van der Waals surface area contributed by atoms with Crippen LogP contribution in [0.5, 0.6) is 0 Å². The molecule has 0 atom stereocenters. The van der Waals surface area contributed by atoms with E-state index in [1.807, 2.05) is 12.1 Å². The molecule has 0 amide bonds. The lowest BCUT2D eigenvalue weighted by Crippen LogP contribution is -1.70. The summed E-state index contributed by atoms with van der Waals surface area (Å²) >= 11 is 4.77. The van der Waals surface area contributed by atoms with E-state index < -0.39 is 0 Å². The zero-order valence-corrected chi connectivity index (χ0v) is 7.91. The van der Waals surface area contributed by atoms with Crippen molar-refractivity contribution in [2.75, 3.05) is 0 Å². The predicted molar refractivity (Wildman–Crippen MR) is 47.7 cm³/mol. The molecule has 0 unspecified atom stereocenters. The highest BCUT2D eigenvalue weighted by Gasteiger charge is 2.05. The highest BCUT2D eigenvalue weighted by molar-refractivity contribution is 9.10. The second-order valence-corrected chi connectivity index (χ2v) is 4.10. The molecule has 0 saturated heterocycles. The Hall–Kier alpha value is -0.320. The molecule has 2 rings (SSSR count). The quantitative estimate of drug-likeness (QED) is 0.821. The summed E-state index contributed by atoms with van der Waals surface area (Å²) in [7, 11) is 0. The lowest BCUT2D eigenvalue weighted by atomic mass is 10.4. The fourth-order valence-corrected chi connectivity index (χ4v) is 2.37. The van der Waals surface area contributed by atoms with Crippen LogP contribution >= 0.6 is 27.3 Å². The van der Waals surface area contributed by atoms with E-state index in [2.05, 4.69) is 15.9 Å². The average molecular weight is 233 g/mol. The third-order valence-electron chi connectivity index (χ3n) is 1.38. The van der Waals surface area contributed by atoms with Gasteiger partial charge in [0.1, 0.15) is 5.58 Å². The molecule has 0 spiro atoms. The van der Waals surface area contributed by atoms with Crippen LogP contribution in [0.2, 0.25) is 0 Å². The normalized spacial score (nSPS) is 11.1. The van der Waals surface area contributed by atoms with Crippen molar-refractivity contribution in [1.29, 1.82) is 0 Å². The molecule has 2 aromatic heterocycles. The van der Waals surface area contributed by atoms with Gasteiger partial charge < -0.3 is 9.52 Å². The van der Waals surface area contributed by atoms with Gasteiger partial charge in [0.05, 0.1) is 11.3 Å². The number of rotatable bonds is 1. The summed E-state index contributed by atoms with van der Waals surface area (Å²) in [6.45, 7) is 0.0898. The Bertz CT molecular complexity index is 345. The first-order valence-corrected chi connectivity index (χ1v) is 4.69. The van der Waals surface area contributed by atoms with E-state index in [-0.39, 0.29) is 6.61 Å². The maximum atomic E-state index is 8.78. The number of halogens is 1. The summed E-state index contributed by atoms with van der Waals surface area (Å²) in [5.41, 5.74) is 0.839. The Labute approximate surface area is 75.6 Å². The molecular weight excluding hydrogens is 228 g/mol. The van der Waals surface area contributed by atoms with Gasteiger partial charge in [-0.05, 0) is 22.0 Å². The molecule has 2 aromatic rings. The average Bonchev–Trinajstić information content (AvgIpc) is 2.43. The molecule has 0 aromatic carbocycles. The minimum Gasteiger partial charge on any atom is -0.448 e.